The molecule has 0 unspecified atom stereocenters. The minimum Gasteiger partial charge on any atom is -0.355 e. The fourth-order valence-corrected chi connectivity index (χ4v) is 0.975. The van der Waals surface area contributed by atoms with Gasteiger partial charge in [-0.1, -0.05) is 20.8 Å². The summed E-state index contributed by atoms with van der Waals surface area (Å²) in [7, 11) is 0. The average molecular weight is 186 g/mol. The third-order valence-electron chi connectivity index (χ3n) is 1.82. The van der Waals surface area contributed by atoms with Crippen molar-refractivity contribution in [1.29, 1.82) is 0 Å². The van der Waals surface area contributed by atoms with Crippen molar-refractivity contribution in [3.05, 3.63) is 0 Å². The van der Waals surface area contributed by atoms with Crippen LogP contribution in [0.1, 0.15) is 33.6 Å². The fraction of sp³-hybridized carbons (Fsp3) is 0.900. The van der Waals surface area contributed by atoms with Crippen LogP contribution in [0.15, 0.2) is 0 Å². The van der Waals surface area contributed by atoms with E-state index in [9.17, 15) is 4.79 Å². The maximum absolute atomic E-state index is 11.2. The number of rotatable bonds is 7. The zero-order valence-corrected chi connectivity index (χ0v) is 9.02. The van der Waals surface area contributed by atoms with Crippen LogP contribution in [-0.2, 0) is 4.79 Å². The first-order valence-corrected chi connectivity index (χ1v) is 5.14. The Morgan fingerprint density at radius 1 is 1.31 bits per heavy atom. The molecule has 2 N–H and O–H groups in total. The smallest absolute Gasteiger partial charge is 0.220 e. The molecule has 0 aliphatic carbocycles. The normalized spacial score (nSPS) is 10.5. The van der Waals surface area contributed by atoms with Gasteiger partial charge in [0.2, 0.25) is 5.91 Å². The van der Waals surface area contributed by atoms with Gasteiger partial charge >= 0.3 is 0 Å². The number of hydrogen-bond acceptors (Lipinski definition) is 2. The molecule has 13 heavy (non-hydrogen) atoms. The Morgan fingerprint density at radius 2 is 2.00 bits per heavy atom. The van der Waals surface area contributed by atoms with Crippen LogP contribution in [0.25, 0.3) is 0 Å². The SMILES string of the molecule is CCNCCNC(=O)CCC(C)C. The molecule has 1 amide bonds. The van der Waals surface area contributed by atoms with Crippen molar-refractivity contribution in [3.8, 4) is 0 Å². The standard InChI is InChI=1S/C10H22N2O/c1-4-11-7-8-12-10(13)6-5-9(2)3/h9,11H,4-8H2,1-3H3,(H,12,13). The van der Waals surface area contributed by atoms with Gasteiger partial charge in [0.1, 0.15) is 0 Å². The molecule has 0 bridgehead atoms. The van der Waals surface area contributed by atoms with Crippen molar-refractivity contribution in [2.24, 2.45) is 5.92 Å². The first-order chi connectivity index (χ1) is 6.16. The lowest BCUT2D eigenvalue weighted by Gasteiger charge is -2.06. The van der Waals surface area contributed by atoms with E-state index in [1.165, 1.54) is 0 Å². The largest absolute Gasteiger partial charge is 0.355 e. The van der Waals surface area contributed by atoms with Gasteiger partial charge in [-0.15, -0.1) is 0 Å². The highest BCUT2D eigenvalue weighted by Crippen LogP contribution is 2.02. The highest BCUT2D eigenvalue weighted by molar-refractivity contribution is 5.75. The Labute approximate surface area is 81.3 Å². The topological polar surface area (TPSA) is 41.1 Å². The molecule has 78 valence electrons. The molecule has 0 saturated heterocycles. The monoisotopic (exact) mass is 186 g/mol. The van der Waals surface area contributed by atoms with Crippen LogP contribution in [0.2, 0.25) is 0 Å². The van der Waals surface area contributed by atoms with E-state index in [0.717, 1.165) is 26.1 Å². The van der Waals surface area contributed by atoms with Crippen LogP contribution >= 0.6 is 0 Å². The van der Waals surface area contributed by atoms with E-state index < -0.39 is 0 Å². The average Bonchev–Trinajstić information content (AvgIpc) is 2.09. The number of nitrogens with one attached hydrogen (secondary N) is 2. The van der Waals surface area contributed by atoms with Gasteiger partial charge < -0.3 is 10.6 Å². The molecule has 0 radical (unpaired) electrons. The molecule has 0 aromatic rings. The molecule has 0 heterocycles. The zero-order valence-electron chi connectivity index (χ0n) is 9.02. The quantitative estimate of drug-likeness (QED) is 0.586. The molecule has 3 nitrogen and oxygen atoms in total. The van der Waals surface area contributed by atoms with Gasteiger partial charge in [-0.25, -0.2) is 0 Å². The van der Waals surface area contributed by atoms with Crippen LogP contribution in [0.3, 0.4) is 0 Å². The van der Waals surface area contributed by atoms with E-state index in [-0.39, 0.29) is 5.91 Å². The van der Waals surface area contributed by atoms with Gasteiger partial charge in [0.25, 0.3) is 0 Å². The third-order valence-corrected chi connectivity index (χ3v) is 1.82. The second kappa shape index (κ2) is 8.05. The van der Waals surface area contributed by atoms with Gasteiger partial charge in [-0.3, -0.25) is 4.79 Å². The summed E-state index contributed by atoms with van der Waals surface area (Å²) in [5, 5.41) is 6.03. The van der Waals surface area contributed by atoms with Crippen molar-refractivity contribution >= 4 is 5.91 Å². The lowest BCUT2D eigenvalue weighted by atomic mass is 10.1. The molecule has 0 fully saturated rings. The first-order valence-electron chi connectivity index (χ1n) is 5.14. The molecule has 0 aliphatic heterocycles. The molecular weight excluding hydrogens is 164 g/mol. The highest BCUT2D eigenvalue weighted by Gasteiger charge is 2.01. The van der Waals surface area contributed by atoms with Gasteiger partial charge in [0.05, 0.1) is 0 Å². The number of carbonyl (C=O) groups is 1. The summed E-state index contributed by atoms with van der Waals surface area (Å²) in [6, 6.07) is 0. The third kappa shape index (κ3) is 9.34. The predicted molar refractivity (Wildman–Crippen MR) is 55.6 cm³/mol. The summed E-state index contributed by atoms with van der Waals surface area (Å²) < 4.78 is 0. The van der Waals surface area contributed by atoms with Gasteiger partial charge in [-0.05, 0) is 18.9 Å². The Morgan fingerprint density at radius 3 is 2.54 bits per heavy atom. The van der Waals surface area contributed by atoms with Gasteiger partial charge in [-0.2, -0.15) is 0 Å². The minimum atomic E-state index is 0.173. The van der Waals surface area contributed by atoms with E-state index in [0.29, 0.717) is 12.3 Å². The summed E-state index contributed by atoms with van der Waals surface area (Å²) in [4.78, 5) is 11.2. The lowest BCUT2D eigenvalue weighted by molar-refractivity contribution is -0.121. The summed E-state index contributed by atoms with van der Waals surface area (Å²) in [5.41, 5.74) is 0. The van der Waals surface area contributed by atoms with E-state index >= 15 is 0 Å². The first kappa shape index (κ1) is 12.4. The molecule has 0 spiro atoms. The van der Waals surface area contributed by atoms with Crippen molar-refractivity contribution < 1.29 is 4.79 Å². The molecule has 3 heteroatoms. The van der Waals surface area contributed by atoms with E-state index in [1.807, 2.05) is 0 Å². The summed E-state index contributed by atoms with van der Waals surface area (Å²) >= 11 is 0. The Bertz CT molecular complexity index is 135. The summed E-state index contributed by atoms with van der Waals surface area (Å²) in [6.07, 6.45) is 1.64. The molecule has 0 rings (SSSR count). The van der Waals surface area contributed by atoms with E-state index in [4.69, 9.17) is 0 Å². The van der Waals surface area contributed by atoms with Gasteiger partial charge in [0, 0.05) is 19.5 Å². The molecule has 0 atom stereocenters. The molecular formula is C10H22N2O. The molecule has 0 aliphatic rings. The summed E-state index contributed by atoms with van der Waals surface area (Å²) in [5.74, 6) is 0.783. The number of hydrogen-bond donors (Lipinski definition) is 2. The minimum absolute atomic E-state index is 0.173. The Hall–Kier alpha value is -0.570. The number of carbonyl (C=O) groups excluding carboxylic acids is 1. The van der Waals surface area contributed by atoms with E-state index in [2.05, 4.69) is 31.4 Å². The fourth-order valence-electron chi connectivity index (χ4n) is 0.975. The van der Waals surface area contributed by atoms with Crippen LogP contribution < -0.4 is 10.6 Å². The predicted octanol–water partition coefficient (Wildman–Crippen LogP) is 1.15. The van der Waals surface area contributed by atoms with Crippen LogP contribution in [0.4, 0.5) is 0 Å². The van der Waals surface area contributed by atoms with Crippen LogP contribution in [-0.4, -0.2) is 25.5 Å². The Balaban J connectivity index is 3.20. The van der Waals surface area contributed by atoms with Crippen molar-refractivity contribution in [1.82, 2.24) is 10.6 Å². The molecule has 0 saturated carbocycles. The maximum Gasteiger partial charge on any atom is 0.220 e. The second-order valence-electron chi connectivity index (χ2n) is 3.64. The summed E-state index contributed by atoms with van der Waals surface area (Å²) in [6.45, 7) is 8.88. The molecule has 0 aromatic heterocycles. The van der Waals surface area contributed by atoms with Gasteiger partial charge in [0.15, 0.2) is 0 Å². The second-order valence-corrected chi connectivity index (χ2v) is 3.64. The maximum atomic E-state index is 11.2. The van der Waals surface area contributed by atoms with Crippen LogP contribution in [0.5, 0.6) is 0 Å². The molecule has 0 aromatic carbocycles. The number of amides is 1. The number of likely N-dealkylation sites (N-methyl/N-ethyl adjacent to an activating group) is 1. The highest BCUT2D eigenvalue weighted by atomic mass is 16.1. The zero-order chi connectivity index (χ0) is 10.1. The Kier molecular flexibility index (Phi) is 7.69. The van der Waals surface area contributed by atoms with Crippen molar-refractivity contribution in [2.45, 2.75) is 33.6 Å². The van der Waals surface area contributed by atoms with Crippen LogP contribution in [0, 0.1) is 5.92 Å². The van der Waals surface area contributed by atoms with E-state index in [1.54, 1.807) is 0 Å². The lowest BCUT2D eigenvalue weighted by Crippen LogP contribution is -2.31. The van der Waals surface area contributed by atoms with Crippen molar-refractivity contribution in [2.75, 3.05) is 19.6 Å². The van der Waals surface area contributed by atoms with Crippen molar-refractivity contribution in [3.63, 3.8) is 0 Å².